The van der Waals surface area contributed by atoms with E-state index in [1.54, 1.807) is 12.1 Å². The van der Waals surface area contributed by atoms with Gasteiger partial charge >= 0.3 is 0 Å². The van der Waals surface area contributed by atoms with Crippen LogP contribution in [-0.4, -0.2) is 6.04 Å². The van der Waals surface area contributed by atoms with Gasteiger partial charge in [-0.2, -0.15) is 0 Å². The zero-order valence-corrected chi connectivity index (χ0v) is 9.90. The van der Waals surface area contributed by atoms with Gasteiger partial charge in [0.15, 0.2) is 0 Å². The van der Waals surface area contributed by atoms with Crippen molar-refractivity contribution in [2.24, 2.45) is 23.7 Å². The fourth-order valence-corrected chi connectivity index (χ4v) is 4.48. The lowest BCUT2D eigenvalue weighted by Gasteiger charge is -2.10. The maximum Gasteiger partial charge on any atom is 0.123 e. The van der Waals surface area contributed by atoms with Gasteiger partial charge in [0, 0.05) is 12.6 Å². The van der Waals surface area contributed by atoms with Gasteiger partial charge in [-0.15, -0.1) is 0 Å². The summed E-state index contributed by atoms with van der Waals surface area (Å²) in [5.74, 6) is 3.81. The van der Waals surface area contributed by atoms with Crippen LogP contribution in [0.3, 0.4) is 0 Å². The van der Waals surface area contributed by atoms with E-state index in [2.05, 4.69) is 5.32 Å². The molecule has 1 N–H and O–H groups in total. The van der Waals surface area contributed by atoms with Gasteiger partial charge in [-0.1, -0.05) is 12.1 Å². The highest BCUT2D eigenvalue weighted by molar-refractivity contribution is 5.20. The van der Waals surface area contributed by atoms with Crippen LogP contribution in [0.4, 0.5) is 4.39 Å². The van der Waals surface area contributed by atoms with Crippen LogP contribution >= 0.6 is 0 Å². The predicted octanol–water partition coefficient (Wildman–Crippen LogP) is 2.96. The van der Waals surface area contributed by atoms with Gasteiger partial charge in [-0.05, 0) is 60.6 Å². The molecule has 4 atom stereocenters. The molecule has 4 rings (SSSR count). The summed E-state index contributed by atoms with van der Waals surface area (Å²) in [5.41, 5.74) is 1.07. The Bertz CT molecular complexity index is 428. The number of nitrogens with one attached hydrogen (secondary N) is 1. The van der Waals surface area contributed by atoms with Gasteiger partial charge in [0.25, 0.3) is 0 Å². The molecule has 17 heavy (non-hydrogen) atoms. The first-order valence-electron chi connectivity index (χ1n) is 6.81. The number of halogens is 1. The second-order valence-electron chi connectivity index (χ2n) is 6.02. The lowest BCUT2D eigenvalue weighted by atomic mass is 10.0. The average Bonchev–Trinajstić information content (AvgIpc) is 2.72. The quantitative estimate of drug-likeness (QED) is 0.843. The van der Waals surface area contributed by atoms with Crippen molar-refractivity contribution in [3.05, 3.63) is 35.6 Å². The van der Waals surface area contributed by atoms with Gasteiger partial charge in [0.1, 0.15) is 5.82 Å². The molecule has 0 radical (unpaired) electrons. The van der Waals surface area contributed by atoms with Gasteiger partial charge in [0.2, 0.25) is 0 Å². The number of benzene rings is 1. The fourth-order valence-electron chi connectivity index (χ4n) is 4.48. The van der Waals surface area contributed by atoms with Crippen LogP contribution in [0.5, 0.6) is 0 Å². The van der Waals surface area contributed by atoms with Crippen LogP contribution in [-0.2, 0) is 6.54 Å². The molecule has 1 aromatic rings. The molecule has 3 saturated carbocycles. The maximum atomic E-state index is 13.0. The van der Waals surface area contributed by atoms with Crippen molar-refractivity contribution in [1.29, 1.82) is 0 Å². The summed E-state index contributed by atoms with van der Waals surface area (Å²) in [5, 5.41) is 3.64. The predicted molar refractivity (Wildman–Crippen MR) is 64.8 cm³/mol. The molecule has 3 fully saturated rings. The number of fused-ring (bicyclic) bond motifs is 5. The zero-order valence-electron chi connectivity index (χ0n) is 9.90. The molecular formula is C15H18FN. The first kappa shape index (κ1) is 10.1. The van der Waals surface area contributed by atoms with E-state index in [1.165, 1.54) is 25.3 Å². The summed E-state index contributed by atoms with van der Waals surface area (Å²) in [6, 6.07) is 7.69. The first-order valence-corrected chi connectivity index (χ1v) is 6.81. The Labute approximate surface area is 101 Å². The summed E-state index contributed by atoms with van der Waals surface area (Å²) in [4.78, 5) is 0. The maximum absolute atomic E-state index is 13.0. The van der Waals surface area contributed by atoms with E-state index in [-0.39, 0.29) is 5.82 Å². The van der Waals surface area contributed by atoms with Crippen LogP contribution in [0.25, 0.3) is 0 Å². The lowest BCUT2D eigenvalue weighted by molar-refractivity contribution is 0.456. The summed E-state index contributed by atoms with van der Waals surface area (Å²) in [7, 11) is 0. The summed E-state index contributed by atoms with van der Waals surface area (Å²) in [6.07, 6.45) is 4.42. The second-order valence-corrected chi connectivity index (χ2v) is 6.02. The van der Waals surface area contributed by atoms with Gasteiger partial charge < -0.3 is 5.32 Å². The largest absolute Gasteiger partial charge is 0.309 e. The Hall–Kier alpha value is -0.890. The third-order valence-corrected chi connectivity index (χ3v) is 5.17. The topological polar surface area (TPSA) is 12.0 Å². The van der Waals surface area contributed by atoms with Crippen molar-refractivity contribution < 1.29 is 4.39 Å². The van der Waals surface area contributed by atoms with E-state index in [4.69, 9.17) is 0 Å². The highest BCUT2D eigenvalue weighted by atomic mass is 19.1. The molecule has 0 aliphatic heterocycles. The number of hydrogen-bond donors (Lipinski definition) is 1. The third kappa shape index (κ3) is 1.54. The van der Waals surface area contributed by atoms with E-state index in [0.29, 0.717) is 0 Å². The molecule has 0 spiro atoms. The Morgan fingerprint density at radius 1 is 1.18 bits per heavy atom. The first-order chi connectivity index (χ1) is 8.33. The van der Waals surface area contributed by atoms with E-state index < -0.39 is 0 Å². The van der Waals surface area contributed by atoms with Crippen molar-refractivity contribution in [3.63, 3.8) is 0 Å². The summed E-state index contributed by atoms with van der Waals surface area (Å²) < 4.78 is 13.0. The minimum atomic E-state index is -0.125. The van der Waals surface area contributed by atoms with Crippen LogP contribution in [0.1, 0.15) is 24.8 Å². The molecule has 4 unspecified atom stereocenters. The molecule has 0 saturated heterocycles. The standard InChI is InChI=1S/C15H18FN/c16-12-3-1-2-9(6-12)8-17-15-13-10-4-5-11(7-10)14(13)15/h1-3,6,10-11,13-15,17H,4-5,7-8H2. The molecule has 3 aliphatic carbocycles. The Morgan fingerprint density at radius 2 is 1.94 bits per heavy atom. The summed E-state index contributed by atoms with van der Waals surface area (Å²) >= 11 is 0. The molecule has 3 aliphatic rings. The minimum Gasteiger partial charge on any atom is -0.309 e. The van der Waals surface area contributed by atoms with Crippen molar-refractivity contribution in [2.75, 3.05) is 0 Å². The number of hydrogen-bond acceptors (Lipinski definition) is 1. The molecule has 1 aromatic carbocycles. The normalized spacial score (nSPS) is 41.6. The Morgan fingerprint density at radius 3 is 2.65 bits per heavy atom. The highest BCUT2D eigenvalue weighted by Gasteiger charge is 2.64. The van der Waals surface area contributed by atoms with Gasteiger partial charge in [-0.3, -0.25) is 0 Å². The molecule has 2 bridgehead atoms. The van der Waals surface area contributed by atoms with Crippen molar-refractivity contribution >= 4 is 0 Å². The molecule has 0 amide bonds. The van der Waals surface area contributed by atoms with Gasteiger partial charge in [0.05, 0.1) is 0 Å². The van der Waals surface area contributed by atoms with E-state index in [1.807, 2.05) is 6.07 Å². The van der Waals surface area contributed by atoms with Crippen LogP contribution < -0.4 is 5.32 Å². The van der Waals surface area contributed by atoms with Crippen molar-refractivity contribution in [1.82, 2.24) is 5.32 Å². The smallest absolute Gasteiger partial charge is 0.123 e. The minimum absolute atomic E-state index is 0.125. The molecule has 0 aromatic heterocycles. The SMILES string of the molecule is Fc1cccc(CNC2C3C4CCC(C4)C23)c1. The van der Waals surface area contributed by atoms with Gasteiger partial charge in [-0.25, -0.2) is 4.39 Å². The van der Waals surface area contributed by atoms with Crippen molar-refractivity contribution in [2.45, 2.75) is 31.8 Å². The fraction of sp³-hybridized carbons (Fsp3) is 0.600. The van der Waals surface area contributed by atoms with E-state index in [0.717, 1.165) is 41.8 Å². The third-order valence-electron chi connectivity index (χ3n) is 5.17. The van der Waals surface area contributed by atoms with Crippen LogP contribution in [0, 0.1) is 29.5 Å². The molecular weight excluding hydrogens is 213 g/mol. The average molecular weight is 231 g/mol. The molecule has 0 heterocycles. The molecule has 1 nitrogen and oxygen atoms in total. The molecule has 90 valence electrons. The Kier molecular flexibility index (Phi) is 2.10. The second kappa shape index (κ2) is 3.55. The van der Waals surface area contributed by atoms with Crippen LogP contribution in [0.15, 0.2) is 24.3 Å². The zero-order chi connectivity index (χ0) is 11.4. The lowest BCUT2D eigenvalue weighted by Crippen LogP contribution is -2.22. The molecule has 2 heteroatoms. The summed E-state index contributed by atoms with van der Waals surface area (Å²) in [6.45, 7) is 0.828. The highest BCUT2D eigenvalue weighted by Crippen LogP contribution is 2.65. The van der Waals surface area contributed by atoms with Crippen molar-refractivity contribution in [3.8, 4) is 0 Å². The van der Waals surface area contributed by atoms with E-state index in [9.17, 15) is 4.39 Å². The van der Waals surface area contributed by atoms with E-state index >= 15 is 0 Å². The number of rotatable bonds is 3. The Balaban J connectivity index is 1.38. The van der Waals surface area contributed by atoms with Crippen LogP contribution in [0.2, 0.25) is 0 Å². The monoisotopic (exact) mass is 231 g/mol.